The molecule has 11 heteroatoms. The van der Waals surface area contributed by atoms with Crippen molar-refractivity contribution in [3.63, 3.8) is 0 Å². The lowest BCUT2D eigenvalue weighted by atomic mass is 10.0. The van der Waals surface area contributed by atoms with Gasteiger partial charge in [0.1, 0.15) is 17.6 Å². The van der Waals surface area contributed by atoms with Gasteiger partial charge in [0.25, 0.3) is 11.8 Å². The molecule has 0 radical (unpaired) electrons. The highest BCUT2D eigenvalue weighted by atomic mass is 35.5. The first-order valence-electron chi connectivity index (χ1n) is 9.98. The number of carbonyl (C=O) groups excluding carboxylic acids is 2. The third-order valence-corrected chi connectivity index (χ3v) is 5.18. The molecule has 0 aliphatic carbocycles. The van der Waals surface area contributed by atoms with E-state index >= 15 is 0 Å². The minimum absolute atomic E-state index is 0.0824. The first kappa shape index (κ1) is 24.3. The topological polar surface area (TPSA) is 151 Å². The molecule has 0 aliphatic rings. The van der Waals surface area contributed by atoms with Crippen LogP contribution in [0.25, 0.3) is 0 Å². The number of nitrogens with zero attached hydrogens (tertiary/aromatic N) is 1. The van der Waals surface area contributed by atoms with E-state index in [2.05, 4.69) is 21.2 Å². The predicted octanol–water partition coefficient (Wildman–Crippen LogP) is 2.65. The van der Waals surface area contributed by atoms with Crippen molar-refractivity contribution in [2.24, 2.45) is 5.73 Å². The summed E-state index contributed by atoms with van der Waals surface area (Å²) in [6.45, 7) is 0. The first-order chi connectivity index (χ1) is 16.3. The number of hydrogen-bond acceptors (Lipinski definition) is 7. The fourth-order valence-electron chi connectivity index (χ4n) is 3.08. The maximum atomic E-state index is 13.2. The van der Waals surface area contributed by atoms with E-state index in [1.54, 1.807) is 48.5 Å². The van der Waals surface area contributed by atoms with Crippen LogP contribution in [0.5, 0.6) is 11.5 Å². The average Bonchev–Trinajstić information content (AvgIpc) is 2.86. The predicted molar refractivity (Wildman–Crippen MR) is 128 cm³/mol. The van der Waals surface area contributed by atoms with E-state index in [4.69, 9.17) is 32.2 Å². The summed E-state index contributed by atoms with van der Waals surface area (Å²) >= 11 is 6.56. The molecular formula is C23H23ClN6O4. The second kappa shape index (κ2) is 11.0. The van der Waals surface area contributed by atoms with E-state index < -0.39 is 17.9 Å². The van der Waals surface area contributed by atoms with Crippen molar-refractivity contribution < 1.29 is 19.1 Å². The second-order valence-corrected chi connectivity index (χ2v) is 7.31. The first-order valence-corrected chi connectivity index (χ1v) is 10.4. The number of nitrogens with two attached hydrogens (primary N) is 1. The Morgan fingerprint density at radius 3 is 2.35 bits per heavy atom. The molecule has 0 saturated heterocycles. The smallest absolute Gasteiger partial charge is 0.288 e. The normalized spacial score (nSPS) is 11.1. The van der Waals surface area contributed by atoms with Crippen LogP contribution in [0.1, 0.15) is 27.7 Å². The van der Waals surface area contributed by atoms with Gasteiger partial charge in [-0.05, 0) is 42.5 Å². The van der Waals surface area contributed by atoms with E-state index in [0.717, 1.165) is 0 Å². The van der Waals surface area contributed by atoms with Gasteiger partial charge in [0.2, 0.25) is 0 Å². The number of aromatic nitrogens is 1. The van der Waals surface area contributed by atoms with Crippen LogP contribution >= 0.6 is 11.6 Å². The minimum Gasteiger partial charge on any atom is -0.493 e. The van der Waals surface area contributed by atoms with Crippen molar-refractivity contribution >= 4 is 34.9 Å². The highest BCUT2D eigenvalue weighted by Gasteiger charge is 2.27. The Bertz CT molecular complexity index is 1190. The summed E-state index contributed by atoms with van der Waals surface area (Å²) in [7, 11) is 2.91. The summed E-state index contributed by atoms with van der Waals surface area (Å²) in [5, 5.41) is 10.8. The number of benzene rings is 2. The zero-order valence-electron chi connectivity index (χ0n) is 18.4. The highest BCUT2D eigenvalue weighted by molar-refractivity contribution is 6.33. The van der Waals surface area contributed by atoms with Gasteiger partial charge in [0, 0.05) is 23.0 Å². The molecule has 0 bridgehead atoms. The van der Waals surface area contributed by atoms with E-state index in [-0.39, 0.29) is 22.3 Å². The zero-order valence-corrected chi connectivity index (χ0v) is 19.1. The maximum Gasteiger partial charge on any atom is 0.288 e. The number of amidine groups is 1. The molecule has 1 aromatic heterocycles. The van der Waals surface area contributed by atoms with Crippen LogP contribution in [0.2, 0.25) is 5.02 Å². The van der Waals surface area contributed by atoms with E-state index in [1.165, 1.54) is 26.5 Å². The zero-order chi connectivity index (χ0) is 24.7. The molecule has 0 fully saturated rings. The van der Waals surface area contributed by atoms with Crippen molar-refractivity contribution in [3.05, 3.63) is 82.6 Å². The number of nitrogen functional groups attached to an aromatic ring is 1. The summed E-state index contributed by atoms with van der Waals surface area (Å²) in [5.74, 6) is -0.623. The van der Waals surface area contributed by atoms with Gasteiger partial charge in [-0.1, -0.05) is 23.7 Å². The van der Waals surface area contributed by atoms with E-state index in [9.17, 15) is 9.59 Å². The fraction of sp³-hybridized carbons (Fsp3) is 0.130. The molecule has 3 rings (SSSR count). The number of pyridine rings is 1. The molecule has 1 unspecified atom stereocenters. The Kier molecular flexibility index (Phi) is 7.88. The van der Waals surface area contributed by atoms with Crippen molar-refractivity contribution in [3.8, 4) is 11.5 Å². The van der Waals surface area contributed by atoms with Gasteiger partial charge in [-0.25, -0.2) is 0 Å². The lowest BCUT2D eigenvalue weighted by Crippen LogP contribution is -2.45. The van der Waals surface area contributed by atoms with E-state index in [1.807, 2.05) is 0 Å². The summed E-state index contributed by atoms with van der Waals surface area (Å²) in [6.07, 6.45) is 1.47. The number of nitrogens with one attached hydrogen (secondary N) is 4. The van der Waals surface area contributed by atoms with Gasteiger partial charge >= 0.3 is 0 Å². The summed E-state index contributed by atoms with van der Waals surface area (Å²) in [5.41, 5.74) is 11.8. The molecule has 0 spiro atoms. The van der Waals surface area contributed by atoms with Gasteiger partial charge in [0.05, 0.1) is 19.2 Å². The molecule has 3 aromatic rings. The standard InChI is InChI=1S/C23H23ClN6O4/c1-33-17-11-10-15(18(24)20(17)34-2)19(28-14-8-6-13(7-9-14)21(25)26)23(32)30-29-22(31)16-5-3-4-12-27-16/h3-12,19,28H,1-2H3,(H3,25,26)(H,29,31)(H,30,32). The molecule has 6 N–H and O–H groups in total. The van der Waals surface area contributed by atoms with Crippen molar-refractivity contribution in [1.29, 1.82) is 5.41 Å². The Morgan fingerprint density at radius 1 is 1.03 bits per heavy atom. The molecule has 2 amide bonds. The van der Waals surface area contributed by atoms with Gasteiger partial charge in [-0.2, -0.15) is 0 Å². The largest absolute Gasteiger partial charge is 0.493 e. The van der Waals surface area contributed by atoms with Gasteiger partial charge in [-0.3, -0.25) is 30.8 Å². The lowest BCUT2D eigenvalue weighted by molar-refractivity contribution is -0.122. The van der Waals surface area contributed by atoms with Crippen LogP contribution in [-0.4, -0.2) is 36.9 Å². The number of rotatable bonds is 8. The van der Waals surface area contributed by atoms with Gasteiger partial charge in [-0.15, -0.1) is 0 Å². The number of carbonyl (C=O) groups is 2. The molecule has 2 aromatic carbocycles. The van der Waals surface area contributed by atoms with Crippen LogP contribution < -0.4 is 31.4 Å². The van der Waals surface area contributed by atoms with Crippen molar-refractivity contribution in [2.75, 3.05) is 19.5 Å². The quantitative estimate of drug-likeness (QED) is 0.188. The fourth-order valence-corrected chi connectivity index (χ4v) is 3.42. The van der Waals surface area contributed by atoms with Crippen molar-refractivity contribution in [2.45, 2.75) is 6.04 Å². The molecule has 1 heterocycles. The van der Waals surface area contributed by atoms with Crippen LogP contribution in [0, 0.1) is 5.41 Å². The second-order valence-electron chi connectivity index (χ2n) is 6.93. The van der Waals surface area contributed by atoms with Crippen molar-refractivity contribution in [1.82, 2.24) is 15.8 Å². The van der Waals surface area contributed by atoms with E-state index in [0.29, 0.717) is 22.6 Å². The molecular weight excluding hydrogens is 460 g/mol. The number of hydrazine groups is 1. The van der Waals surface area contributed by atoms with Gasteiger partial charge < -0.3 is 20.5 Å². The molecule has 0 saturated carbocycles. The Balaban J connectivity index is 1.90. The number of halogens is 1. The number of anilines is 1. The Hall–Kier alpha value is -4.31. The number of ether oxygens (including phenoxy) is 2. The number of hydrogen-bond donors (Lipinski definition) is 5. The number of amides is 2. The summed E-state index contributed by atoms with van der Waals surface area (Å²) in [6, 6.07) is 13.6. The molecule has 0 aliphatic heterocycles. The molecule has 10 nitrogen and oxygen atoms in total. The average molecular weight is 483 g/mol. The molecule has 34 heavy (non-hydrogen) atoms. The Labute approximate surface area is 200 Å². The van der Waals surface area contributed by atoms with Crippen LogP contribution in [0.15, 0.2) is 60.8 Å². The monoisotopic (exact) mass is 482 g/mol. The molecule has 176 valence electrons. The van der Waals surface area contributed by atoms with Crippen LogP contribution in [0.4, 0.5) is 5.69 Å². The maximum absolute atomic E-state index is 13.2. The van der Waals surface area contributed by atoms with Crippen LogP contribution in [0.3, 0.4) is 0 Å². The molecule has 1 atom stereocenters. The minimum atomic E-state index is -1.04. The third kappa shape index (κ3) is 5.54. The SMILES string of the molecule is COc1ccc(C(Nc2ccc(C(=N)N)cc2)C(=O)NNC(=O)c2ccccn2)c(Cl)c1OC. The number of methoxy groups -OCH3 is 2. The summed E-state index contributed by atoms with van der Waals surface area (Å²) in [4.78, 5) is 29.4. The summed E-state index contributed by atoms with van der Waals surface area (Å²) < 4.78 is 10.6. The Morgan fingerprint density at radius 2 is 1.76 bits per heavy atom. The third-order valence-electron chi connectivity index (χ3n) is 4.79. The highest BCUT2D eigenvalue weighted by Crippen LogP contribution is 2.40. The van der Waals surface area contributed by atoms with Gasteiger partial charge in [0.15, 0.2) is 11.5 Å². The van der Waals surface area contributed by atoms with Crippen LogP contribution in [-0.2, 0) is 4.79 Å². The lowest BCUT2D eigenvalue weighted by Gasteiger charge is -2.23.